The molecule has 0 aliphatic heterocycles. The van der Waals surface area contributed by atoms with Crippen LogP contribution in [0.25, 0.3) is 0 Å². The monoisotopic (exact) mass is 245 g/mol. The summed E-state index contributed by atoms with van der Waals surface area (Å²) in [5.41, 5.74) is 0.809. The molecule has 0 radical (unpaired) electrons. The second-order valence-electron chi connectivity index (χ2n) is 3.86. The summed E-state index contributed by atoms with van der Waals surface area (Å²) in [6.45, 7) is 0.0483. The fourth-order valence-corrected chi connectivity index (χ4v) is 1.49. The van der Waals surface area contributed by atoms with E-state index in [0.717, 1.165) is 5.56 Å². The van der Waals surface area contributed by atoms with Gasteiger partial charge in [-0.25, -0.2) is 8.78 Å². The van der Waals surface area contributed by atoms with Gasteiger partial charge in [0.05, 0.1) is 13.7 Å². The number of hydrogen-bond acceptors (Lipinski definition) is 3. The highest BCUT2D eigenvalue weighted by molar-refractivity contribution is 5.35. The van der Waals surface area contributed by atoms with E-state index in [0.29, 0.717) is 5.75 Å². The number of ether oxygens (including phenoxy) is 1. The van der Waals surface area contributed by atoms with Gasteiger partial charge >= 0.3 is 0 Å². The third-order valence-electron chi connectivity index (χ3n) is 2.50. The maximum atomic E-state index is 12.9. The van der Waals surface area contributed by atoms with Gasteiger partial charge in [-0.15, -0.1) is 0 Å². The molecule has 1 unspecified atom stereocenters. The molecule has 0 aromatic heterocycles. The van der Waals surface area contributed by atoms with Crippen LogP contribution in [-0.4, -0.2) is 31.3 Å². The minimum Gasteiger partial charge on any atom is -0.496 e. The zero-order chi connectivity index (χ0) is 12.9. The van der Waals surface area contributed by atoms with Crippen molar-refractivity contribution in [2.45, 2.75) is 18.9 Å². The minimum atomic E-state index is -3.10. The first-order valence-electron chi connectivity index (χ1n) is 5.35. The summed E-state index contributed by atoms with van der Waals surface area (Å²) in [5, 5.41) is 11.1. The molecule has 1 rings (SSSR count). The second-order valence-corrected chi connectivity index (χ2v) is 3.86. The zero-order valence-electron chi connectivity index (χ0n) is 9.91. The fourth-order valence-electron chi connectivity index (χ4n) is 1.49. The molecule has 0 aliphatic rings. The van der Waals surface area contributed by atoms with Crippen molar-refractivity contribution in [1.29, 1.82) is 0 Å². The van der Waals surface area contributed by atoms with Gasteiger partial charge in [-0.05, 0) is 13.0 Å². The van der Waals surface area contributed by atoms with E-state index in [9.17, 15) is 8.78 Å². The van der Waals surface area contributed by atoms with Gasteiger partial charge in [0.25, 0.3) is 5.92 Å². The molecule has 2 N–H and O–H groups in total. The molecule has 17 heavy (non-hydrogen) atoms. The number of para-hydroxylation sites is 1. The predicted molar refractivity (Wildman–Crippen MR) is 61.4 cm³/mol. The van der Waals surface area contributed by atoms with Crippen molar-refractivity contribution >= 4 is 0 Å². The van der Waals surface area contributed by atoms with E-state index in [2.05, 4.69) is 5.32 Å². The Hall–Kier alpha value is -1.20. The number of alkyl halides is 2. The first-order valence-corrected chi connectivity index (χ1v) is 5.35. The molecule has 5 heteroatoms. The first kappa shape index (κ1) is 13.9. The lowest BCUT2D eigenvalue weighted by molar-refractivity contribution is -0.0491. The molecule has 1 aromatic carbocycles. The van der Waals surface area contributed by atoms with Crippen LogP contribution in [0.4, 0.5) is 8.78 Å². The lowest BCUT2D eigenvalue weighted by atomic mass is 10.1. The van der Waals surface area contributed by atoms with Gasteiger partial charge in [-0.3, -0.25) is 0 Å². The maximum absolute atomic E-state index is 12.9. The summed E-state index contributed by atoms with van der Waals surface area (Å²) >= 11 is 0. The molecule has 0 saturated carbocycles. The van der Waals surface area contributed by atoms with Crippen LogP contribution in [0.1, 0.15) is 18.5 Å². The predicted octanol–water partition coefficient (Wildman–Crippen LogP) is 1.97. The number of hydrogen-bond donors (Lipinski definition) is 2. The summed E-state index contributed by atoms with van der Waals surface area (Å²) in [6.07, 6.45) is 0. The van der Waals surface area contributed by atoms with E-state index in [1.165, 1.54) is 7.11 Å². The van der Waals surface area contributed by atoms with Gasteiger partial charge in [0, 0.05) is 11.6 Å². The minimum absolute atomic E-state index is 0.274. The molecular weight excluding hydrogens is 228 g/mol. The number of halogens is 2. The second kappa shape index (κ2) is 5.93. The van der Waals surface area contributed by atoms with Crippen LogP contribution in [0, 0.1) is 0 Å². The average molecular weight is 245 g/mol. The Morgan fingerprint density at radius 2 is 2.06 bits per heavy atom. The van der Waals surface area contributed by atoms with Crippen molar-refractivity contribution in [3.8, 4) is 5.75 Å². The lowest BCUT2D eigenvalue weighted by Gasteiger charge is -2.20. The Kier molecular flexibility index (Phi) is 4.84. The summed E-state index contributed by atoms with van der Waals surface area (Å²) in [5.74, 6) is -2.45. The molecule has 1 atom stereocenters. The number of nitrogens with one attached hydrogen (secondary N) is 1. The van der Waals surface area contributed by atoms with E-state index in [1.807, 2.05) is 18.2 Å². The molecular formula is C12H17F2NO2. The highest BCUT2D eigenvalue weighted by Crippen LogP contribution is 2.24. The third kappa shape index (κ3) is 3.94. The van der Waals surface area contributed by atoms with E-state index < -0.39 is 19.1 Å². The van der Waals surface area contributed by atoms with Crippen LogP contribution in [0.5, 0.6) is 5.75 Å². The quantitative estimate of drug-likeness (QED) is 0.805. The van der Waals surface area contributed by atoms with E-state index in [1.54, 1.807) is 13.0 Å². The Balaban J connectivity index is 2.67. The standard InChI is InChI=1S/C12H17F2NO2/c1-9(15-7-12(13,14)8-16)10-5-3-4-6-11(10)17-2/h3-6,9,15-16H,7-8H2,1-2H3. The number of aliphatic hydroxyl groups excluding tert-OH is 1. The molecule has 1 aromatic rings. The Bertz CT molecular complexity index is 358. The Morgan fingerprint density at radius 1 is 1.41 bits per heavy atom. The number of benzene rings is 1. The van der Waals surface area contributed by atoms with Gasteiger partial charge < -0.3 is 15.2 Å². The van der Waals surface area contributed by atoms with Crippen LogP contribution >= 0.6 is 0 Å². The average Bonchev–Trinajstić information content (AvgIpc) is 2.36. The highest BCUT2D eigenvalue weighted by atomic mass is 19.3. The third-order valence-corrected chi connectivity index (χ3v) is 2.50. The molecule has 0 fully saturated rings. The lowest BCUT2D eigenvalue weighted by Crippen LogP contribution is -2.37. The maximum Gasteiger partial charge on any atom is 0.282 e. The molecule has 96 valence electrons. The van der Waals surface area contributed by atoms with Crippen molar-refractivity contribution < 1.29 is 18.6 Å². The van der Waals surface area contributed by atoms with E-state index >= 15 is 0 Å². The van der Waals surface area contributed by atoms with Gasteiger partial charge in [-0.1, -0.05) is 18.2 Å². The molecule has 0 aliphatic carbocycles. The van der Waals surface area contributed by atoms with Crippen molar-refractivity contribution in [2.75, 3.05) is 20.3 Å². The normalized spacial score (nSPS) is 13.5. The van der Waals surface area contributed by atoms with Gasteiger partial charge in [0.2, 0.25) is 0 Å². The molecule has 3 nitrogen and oxygen atoms in total. The molecule has 0 spiro atoms. The summed E-state index contributed by atoms with van der Waals surface area (Å²) in [4.78, 5) is 0. The molecule has 0 saturated heterocycles. The Morgan fingerprint density at radius 3 is 2.65 bits per heavy atom. The number of aliphatic hydroxyl groups is 1. The van der Waals surface area contributed by atoms with Crippen molar-refractivity contribution in [3.05, 3.63) is 29.8 Å². The summed E-state index contributed by atoms with van der Waals surface area (Å²) in [7, 11) is 1.54. The van der Waals surface area contributed by atoms with E-state index in [-0.39, 0.29) is 6.04 Å². The van der Waals surface area contributed by atoms with Crippen LogP contribution in [-0.2, 0) is 0 Å². The Labute approximate surface area is 99.4 Å². The van der Waals surface area contributed by atoms with Crippen molar-refractivity contribution in [2.24, 2.45) is 0 Å². The van der Waals surface area contributed by atoms with Crippen LogP contribution in [0.2, 0.25) is 0 Å². The molecule has 0 amide bonds. The SMILES string of the molecule is COc1ccccc1C(C)NCC(F)(F)CO. The topological polar surface area (TPSA) is 41.5 Å². The molecule has 0 heterocycles. The van der Waals surface area contributed by atoms with E-state index in [4.69, 9.17) is 9.84 Å². The molecule has 0 bridgehead atoms. The first-order chi connectivity index (χ1) is 8.00. The zero-order valence-corrected chi connectivity index (χ0v) is 9.91. The summed E-state index contributed by atoms with van der Waals surface area (Å²) in [6, 6.07) is 6.95. The van der Waals surface area contributed by atoms with Crippen LogP contribution in [0.15, 0.2) is 24.3 Å². The van der Waals surface area contributed by atoms with Crippen molar-refractivity contribution in [3.63, 3.8) is 0 Å². The largest absolute Gasteiger partial charge is 0.496 e. The van der Waals surface area contributed by atoms with Crippen molar-refractivity contribution in [1.82, 2.24) is 5.32 Å². The number of methoxy groups -OCH3 is 1. The summed E-state index contributed by atoms with van der Waals surface area (Å²) < 4.78 is 30.9. The smallest absolute Gasteiger partial charge is 0.282 e. The fraction of sp³-hybridized carbons (Fsp3) is 0.500. The van der Waals surface area contributed by atoms with Crippen LogP contribution < -0.4 is 10.1 Å². The number of rotatable bonds is 6. The van der Waals surface area contributed by atoms with Gasteiger partial charge in [0.15, 0.2) is 0 Å². The van der Waals surface area contributed by atoms with Crippen LogP contribution in [0.3, 0.4) is 0 Å². The van der Waals surface area contributed by atoms with Gasteiger partial charge in [-0.2, -0.15) is 0 Å². The highest BCUT2D eigenvalue weighted by Gasteiger charge is 2.28. The van der Waals surface area contributed by atoms with Gasteiger partial charge in [0.1, 0.15) is 12.4 Å².